The molecule has 22 heavy (non-hydrogen) atoms. The van der Waals surface area contributed by atoms with Crippen molar-refractivity contribution in [2.45, 2.75) is 12.1 Å². The maximum atomic E-state index is 12.0. The van der Waals surface area contributed by atoms with Crippen molar-refractivity contribution in [3.05, 3.63) is 29.8 Å². The number of carbonyl (C=O) groups excluding carboxylic acids is 2. The summed E-state index contributed by atoms with van der Waals surface area (Å²) in [5.41, 5.74) is 1.87. The molecule has 8 nitrogen and oxygen atoms in total. The maximum Gasteiger partial charge on any atom is 0.416 e. The van der Waals surface area contributed by atoms with Gasteiger partial charge in [-0.05, 0) is 29.0 Å². The molecule has 3 rings (SSSR count). The first-order chi connectivity index (χ1) is 10.7. The minimum Gasteiger partial charge on any atom is -0.447 e. The van der Waals surface area contributed by atoms with E-state index in [-0.39, 0.29) is 18.3 Å². The van der Waals surface area contributed by atoms with Crippen LogP contribution < -0.4 is 0 Å². The van der Waals surface area contributed by atoms with Crippen LogP contribution in [0, 0.1) is 6.92 Å². The summed E-state index contributed by atoms with van der Waals surface area (Å²) in [6, 6.07) is 7.68. The van der Waals surface area contributed by atoms with Crippen molar-refractivity contribution in [2.24, 2.45) is 0 Å². The molecule has 0 radical (unpaired) electrons. The molecule has 0 atom stereocenters. The van der Waals surface area contributed by atoms with Crippen LogP contribution in [-0.2, 0) is 9.53 Å². The van der Waals surface area contributed by atoms with Crippen LogP contribution >= 0.6 is 11.8 Å². The third-order valence-electron chi connectivity index (χ3n) is 3.17. The molecule has 1 aliphatic rings. The summed E-state index contributed by atoms with van der Waals surface area (Å²) < 4.78 is 6.32. The van der Waals surface area contributed by atoms with Crippen LogP contribution in [0.1, 0.15) is 5.56 Å². The molecular weight excluding hydrogens is 306 g/mol. The monoisotopic (exact) mass is 319 g/mol. The smallest absolute Gasteiger partial charge is 0.416 e. The maximum absolute atomic E-state index is 12.0. The minimum atomic E-state index is -0.593. The molecular formula is C13H13N5O3S. The average molecular weight is 319 g/mol. The number of rotatable bonds is 4. The molecule has 2 amide bonds. The van der Waals surface area contributed by atoms with Crippen LogP contribution in [0.5, 0.6) is 0 Å². The van der Waals surface area contributed by atoms with Gasteiger partial charge in [0.2, 0.25) is 11.1 Å². The molecule has 1 aromatic heterocycles. The topological polar surface area (TPSA) is 90.2 Å². The van der Waals surface area contributed by atoms with Gasteiger partial charge >= 0.3 is 6.09 Å². The number of cyclic esters (lactones) is 1. The molecule has 0 bridgehead atoms. The van der Waals surface area contributed by atoms with E-state index in [4.69, 9.17) is 4.74 Å². The number of amides is 2. The molecule has 114 valence electrons. The molecule has 0 N–H and O–H groups in total. The summed E-state index contributed by atoms with van der Waals surface area (Å²) in [4.78, 5) is 24.4. The lowest BCUT2D eigenvalue weighted by molar-refractivity contribution is -0.125. The van der Waals surface area contributed by atoms with E-state index in [2.05, 4.69) is 15.5 Å². The van der Waals surface area contributed by atoms with E-state index >= 15 is 0 Å². The zero-order valence-electron chi connectivity index (χ0n) is 11.8. The van der Waals surface area contributed by atoms with Crippen LogP contribution in [0.15, 0.2) is 29.4 Å². The molecule has 2 aromatic rings. The number of aromatic nitrogens is 4. The van der Waals surface area contributed by atoms with Gasteiger partial charge in [-0.25, -0.2) is 9.69 Å². The Labute approximate surface area is 130 Å². The Bertz CT molecular complexity index is 717. The molecule has 1 aromatic carbocycles. The van der Waals surface area contributed by atoms with E-state index in [1.807, 2.05) is 31.2 Å². The largest absolute Gasteiger partial charge is 0.447 e. The number of thioether (sulfide) groups is 1. The van der Waals surface area contributed by atoms with Crippen molar-refractivity contribution in [1.29, 1.82) is 0 Å². The zero-order valence-corrected chi connectivity index (χ0v) is 12.6. The van der Waals surface area contributed by atoms with E-state index in [1.54, 1.807) is 4.68 Å². The van der Waals surface area contributed by atoms with Gasteiger partial charge in [0.15, 0.2) is 0 Å². The van der Waals surface area contributed by atoms with Crippen molar-refractivity contribution >= 4 is 23.8 Å². The highest BCUT2D eigenvalue weighted by atomic mass is 32.2. The third kappa shape index (κ3) is 2.80. The molecule has 2 heterocycles. The number of aryl methyl sites for hydroxylation is 1. The zero-order chi connectivity index (χ0) is 15.5. The van der Waals surface area contributed by atoms with Gasteiger partial charge in [-0.2, -0.15) is 4.68 Å². The summed E-state index contributed by atoms with van der Waals surface area (Å²) >= 11 is 1.18. The molecule has 1 saturated heterocycles. The number of imide groups is 1. The summed E-state index contributed by atoms with van der Waals surface area (Å²) in [7, 11) is 0. The number of hydrogen-bond acceptors (Lipinski definition) is 7. The van der Waals surface area contributed by atoms with Crippen LogP contribution in [0.2, 0.25) is 0 Å². The molecule has 1 aliphatic heterocycles. The lowest BCUT2D eigenvalue weighted by Gasteiger charge is -2.10. The molecule has 1 fully saturated rings. The van der Waals surface area contributed by atoms with Crippen LogP contribution in [0.3, 0.4) is 0 Å². The second-order valence-electron chi connectivity index (χ2n) is 4.61. The highest BCUT2D eigenvalue weighted by Gasteiger charge is 2.28. The van der Waals surface area contributed by atoms with Crippen molar-refractivity contribution in [2.75, 3.05) is 18.9 Å². The fourth-order valence-corrected chi connectivity index (χ4v) is 2.81. The predicted octanol–water partition coefficient (Wildman–Crippen LogP) is 1.04. The Morgan fingerprint density at radius 2 is 2.23 bits per heavy atom. The van der Waals surface area contributed by atoms with E-state index in [0.29, 0.717) is 11.7 Å². The van der Waals surface area contributed by atoms with E-state index in [0.717, 1.165) is 16.2 Å². The predicted molar refractivity (Wildman–Crippen MR) is 77.7 cm³/mol. The number of hydrogen-bond donors (Lipinski definition) is 0. The van der Waals surface area contributed by atoms with E-state index < -0.39 is 6.09 Å². The van der Waals surface area contributed by atoms with Gasteiger partial charge in [0.1, 0.15) is 6.61 Å². The van der Waals surface area contributed by atoms with Gasteiger partial charge in [-0.1, -0.05) is 30.0 Å². The molecule has 0 unspecified atom stereocenters. The first kappa shape index (κ1) is 14.5. The Balaban J connectivity index is 1.72. The molecule has 0 saturated carbocycles. The Kier molecular flexibility index (Phi) is 4.05. The second kappa shape index (κ2) is 6.14. The van der Waals surface area contributed by atoms with Gasteiger partial charge in [0.25, 0.3) is 0 Å². The van der Waals surface area contributed by atoms with Crippen LogP contribution in [0.25, 0.3) is 5.69 Å². The summed E-state index contributed by atoms with van der Waals surface area (Å²) in [6.45, 7) is 2.49. The van der Waals surface area contributed by atoms with Crippen molar-refractivity contribution < 1.29 is 14.3 Å². The standard InChI is InChI=1S/C13H13N5O3S/c1-9-4-2-3-5-10(9)18-12(14-15-16-18)22-8-11(19)17-6-7-21-13(17)20/h2-5H,6-8H2,1H3. The summed E-state index contributed by atoms with van der Waals surface area (Å²) in [5, 5.41) is 12.0. The summed E-state index contributed by atoms with van der Waals surface area (Å²) in [5.74, 6) is -0.242. The van der Waals surface area contributed by atoms with E-state index in [9.17, 15) is 9.59 Å². The minimum absolute atomic E-state index is 0.0708. The quantitative estimate of drug-likeness (QED) is 0.778. The van der Waals surface area contributed by atoms with Gasteiger partial charge in [0.05, 0.1) is 18.0 Å². The summed E-state index contributed by atoms with van der Waals surface area (Å²) in [6.07, 6.45) is -0.593. The Morgan fingerprint density at radius 1 is 1.41 bits per heavy atom. The lowest BCUT2D eigenvalue weighted by atomic mass is 10.2. The number of nitrogens with zero attached hydrogens (tertiary/aromatic N) is 5. The van der Waals surface area contributed by atoms with Crippen molar-refractivity contribution in [1.82, 2.24) is 25.1 Å². The highest BCUT2D eigenvalue weighted by molar-refractivity contribution is 7.99. The number of tetrazole rings is 1. The number of para-hydroxylation sites is 1. The van der Waals surface area contributed by atoms with Gasteiger partial charge in [-0.15, -0.1) is 5.10 Å². The van der Waals surface area contributed by atoms with Crippen molar-refractivity contribution in [3.63, 3.8) is 0 Å². The van der Waals surface area contributed by atoms with Gasteiger partial charge in [0, 0.05) is 0 Å². The third-order valence-corrected chi connectivity index (χ3v) is 4.08. The Morgan fingerprint density at radius 3 is 2.95 bits per heavy atom. The van der Waals surface area contributed by atoms with Gasteiger partial charge in [-0.3, -0.25) is 4.79 Å². The molecule has 9 heteroatoms. The normalized spacial score (nSPS) is 14.2. The average Bonchev–Trinajstić information content (AvgIpc) is 3.14. The second-order valence-corrected chi connectivity index (χ2v) is 5.55. The SMILES string of the molecule is Cc1ccccc1-n1nnnc1SCC(=O)N1CCOC1=O. The van der Waals surface area contributed by atoms with Crippen molar-refractivity contribution in [3.8, 4) is 5.69 Å². The van der Waals surface area contributed by atoms with Crippen LogP contribution in [-0.4, -0.2) is 56.0 Å². The first-order valence-corrected chi connectivity index (χ1v) is 7.59. The molecule has 0 aliphatic carbocycles. The first-order valence-electron chi connectivity index (χ1n) is 6.61. The number of carbonyl (C=O) groups is 2. The fraction of sp³-hybridized carbons (Fsp3) is 0.308. The number of benzene rings is 1. The van der Waals surface area contributed by atoms with Crippen LogP contribution in [0.4, 0.5) is 4.79 Å². The molecule has 0 spiro atoms. The number of ether oxygens (including phenoxy) is 1. The fourth-order valence-electron chi connectivity index (χ4n) is 2.05. The van der Waals surface area contributed by atoms with Gasteiger partial charge < -0.3 is 4.74 Å². The Hall–Kier alpha value is -2.42. The van der Waals surface area contributed by atoms with E-state index in [1.165, 1.54) is 11.8 Å². The highest BCUT2D eigenvalue weighted by Crippen LogP contribution is 2.21. The lowest BCUT2D eigenvalue weighted by Crippen LogP contribution is -2.33.